The molecule has 0 spiro atoms. The molecule has 0 aliphatic carbocycles. The van der Waals surface area contributed by atoms with Crippen LogP contribution in [0.1, 0.15) is 22.5 Å². The largest absolute Gasteiger partial charge is 0.387 e. The Labute approximate surface area is 99.6 Å². The van der Waals surface area contributed by atoms with Crippen molar-refractivity contribution in [3.8, 4) is 0 Å². The maximum atomic E-state index is 11.8. The van der Waals surface area contributed by atoms with Crippen LogP contribution in [0.4, 0.5) is 5.69 Å². The molecule has 2 amide bonds. The zero-order valence-corrected chi connectivity index (χ0v) is 9.91. The van der Waals surface area contributed by atoms with E-state index in [9.17, 15) is 9.59 Å². The highest BCUT2D eigenvalue weighted by molar-refractivity contribution is 5.99. The zero-order valence-electron chi connectivity index (χ0n) is 9.91. The topological polar surface area (TPSA) is 97.1 Å². The molecule has 0 bridgehead atoms. The second kappa shape index (κ2) is 5.83. The van der Waals surface area contributed by atoms with Crippen LogP contribution in [0, 0.1) is 6.92 Å². The number of aryl methyl sites for hydroxylation is 1. The molecular weight excluding hydrogens is 220 g/mol. The Balaban J connectivity index is 2.71. The predicted molar refractivity (Wildman–Crippen MR) is 64.7 cm³/mol. The maximum absolute atomic E-state index is 11.8. The monoisotopic (exact) mass is 236 g/mol. The van der Waals surface area contributed by atoms with Crippen LogP contribution in [0.15, 0.2) is 12.3 Å². The average molecular weight is 236 g/mol. The molecule has 0 radical (unpaired) electrons. The van der Waals surface area contributed by atoms with Crippen LogP contribution in [-0.2, 0) is 4.79 Å². The summed E-state index contributed by atoms with van der Waals surface area (Å²) in [7, 11) is 1.73. The predicted octanol–water partition coefficient (Wildman–Crippen LogP) is 0.0369. The summed E-state index contributed by atoms with van der Waals surface area (Å²) in [4.78, 5) is 26.4. The summed E-state index contributed by atoms with van der Waals surface area (Å²) in [6, 6.07) is 1.78. The van der Waals surface area contributed by atoms with Gasteiger partial charge in [0.05, 0.1) is 11.3 Å². The second-order valence-electron chi connectivity index (χ2n) is 3.59. The van der Waals surface area contributed by atoms with Crippen molar-refractivity contribution in [1.29, 1.82) is 0 Å². The van der Waals surface area contributed by atoms with Gasteiger partial charge in [0, 0.05) is 31.9 Å². The van der Waals surface area contributed by atoms with Gasteiger partial charge in [-0.25, -0.2) is 0 Å². The first-order valence-electron chi connectivity index (χ1n) is 5.25. The van der Waals surface area contributed by atoms with Crippen LogP contribution in [0.2, 0.25) is 0 Å². The van der Waals surface area contributed by atoms with Gasteiger partial charge in [-0.1, -0.05) is 0 Å². The number of nitrogens with zero attached hydrogens (tertiary/aromatic N) is 1. The van der Waals surface area contributed by atoms with Gasteiger partial charge in [0.1, 0.15) is 0 Å². The average Bonchev–Trinajstić information content (AvgIpc) is 2.28. The van der Waals surface area contributed by atoms with Crippen LogP contribution in [0.5, 0.6) is 0 Å². The van der Waals surface area contributed by atoms with Gasteiger partial charge in [-0.05, 0) is 13.0 Å². The van der Waals surface area contributed by atoms with E-state index in [2.05, 4.69) is 15.6 Å². The number of anilines is 1. The van der Waals surface area contributed by atoms with E-state index in [1.165, 1.54) is 6.20 Å². The normalized spacial score (nSPS) is 9.76. The van der Waals surface area contributed by atoms with Crippen molar-refractivity contribution in [2.45, 2.75) is 13.3 Å². The molecule has 6 heteroatoms. The van der Waals surface area contributed by atoms with Gasteiger partial charge >= 0.3 is 0 Å². The fourth-order valence-corrected chi connectivity index (χ4v) is 1.34. The van der Waals surface area contributed by atoms with Crippen molar-refractivity contribution < 1.29 is 9.59 Å². The summed E-state index contributed by atoms with van der Waals surface area (Å²) in [5.41, 5.74) is 6.95. The van der Waals surface area contributed by atoms with Crippen LogP contribution in [0.3, 0.4) is 0 Å². The first-order valence-corrected chi connectivity index (χ1v) is 5.25. The number of amides is 2. The van der Waals surface area contributed by atoms with E-state index in [0.717, 1.165) is 5.69 Å². The van der Waals surface area contributed by atoms with Crippen LogP contribution in [-0.4, -0.2) is 30.4 Å². The number of aromatic nitrogens is 1. The lowest BCUT2D eigenvalue weighted by molar-refractivity contribution is -0.117. The fourth-order valence-electron chi connectivity index (χ4n) is 1.34. The van der Waals surface area contributed by atoms with E-state index >= 15 is 0 Å². The molecule has 0 aliphatic rings. The molecule has 1 aromatic rings. The Kier molecular flexibility index (Phi) is 4.45. The van der Waals surface area contributed by atoms with E-state index < -0.39 is 5.91 Å². The number of primary amides is 1. The Morgan fingerprint density at radius 2 is 2.18 bits per heavy atom. The van der Waals surface area contributed by atoms with Gasteiger partial charge in [0.2, 0.25) is 5.91 Å². The zero-order chi connectivity index (χ0) is 12.8. The molecule has 0 saturated heterocycles. The molecule has 6 nitrogen and oxygen atoms in total. The van der Waals surface area contributed by atoms with E-state index in [1.807, 2.05) is 6.92 Å². The minimum Gasteiger partial charge on any atom is -0.387 e. The highest BCUT2D eigenvalue weighted by atomic mass is 16.2. The molecule has 0 unspecified atom stereocenters. The van der Waals surface area contributed by atoms with E-state index in [1.54, 1.807) is 13.1 Å². The van der Waals surface area contributed by atoms with Gasteiger partial charge in [0.15, 0.2) is 0 Å². The second-order valence-corrected chi connectivity index (χ2v) is 3.59. The Hall–Kier alpha value is -2.11. The van der Waals surface area contributed by atoms with Crippen molar-refractivity contribution >= 4 is 17.5 Å². The number of carbonyl (C=O) groups excluding carboxylic acids is 2. The van der Waals surface area contributed by atoms with Gasteiger partial charge in [0.25, 0.3) is 5.91 Å². The molecule has 1 heterocycles. The summed E-state index contributed by atoms with van der Waals surface area (Å²) in [5.74, 6) is -0.718. The molecule has 17 heavy (non-hydrogen) atoms. The van der Waals surface area contributed by atoms with Gasteiger partial charge in [-0.15, -0.1) is 0 Å². The van der Waals surface area contributed by atoms with Gasteiger partial charge in [-0.3, -0.25) is 14.6 Å². The van der Waals surface area contributed by atoms with E-state index in [0.29, 0.717) is 11.3 Å². The molecular formula is C11H16N4O2. The maximum Gasteiger partial charge on any atom is 0.254 e. The Morgan fingerprint density at radius 3 is 2.76 bits per heavy atom. The van der Waals surface area contributed by atoms with Gasteiger partial charge in [-0.2, -0.15) is 0 Å². The van der Waals surface area contributed by atoms with Crippen molar-refractivity contribution in [3.63, 3.8) is 0 Å². The molecule has 0 aromatic carbocycles. The van der Waals surface area contributed by atoms with Crippen LogP contribution in [0.25, 0.3) is 0 Å². The van der Waals surface area contributed by atoms with E-state index in [-0.39, 0.29) is 18.9 Å². The number of hydrogen-bond acceptors (Lipinski definition) is 4. The molecule has 92 valence electrons. The standard InChI is InChI=1S/C11H16N4O2/c1-7-5-9(13-2)8(6-15-7)11(17)14-4-3-10(12)16/h5-6H,3-4H2,1-2H3,(H2,12,16)(H,13,15)(H,14,17). The minimum atomic E-state index is -0.443. The molecule has 0 atom stereocenters. The summed E-state index contributed by atoms with van der Waals surface area (Å²) < 4.78 is 0. The highest BCUT2D eigenvalue weighted by Gasteiger charge is 2.11. The van der Waals surface area contributed by atoms with Gasteiger partial charge < -0.3 is 16.4 Å². The third-order valence-electron chi connectivity index (χ3n) is 2.21. The third kappa shape index (κ3) is 3.75. The quantitative estimate of drug-likeness (QED) is 0.672. The summed E-state index contributed by atoms with van der Waals surface area (Å²) >= 11 is 0. The lowest BCUT2D eigenvalue weighted by Gasteiger charge is -2.09. The summed E-state index contributed by atoms with van der Waals surface area (Å²) in [6.45, 7) is 2.07. The number of rotatable bonds is 5. The van der Waals surface area contributed by atoms with Crippen LogP contribution >= 0.6 is 0 Å². The molecule has 0 saturated carbocycles. The molecule has 1 aromatic heterocycles. The number of nitrogens with two attached hydrogens (primary N) is 1. The first kappa shape index (κ1) is 13.0. The molecule has 1 rings (SSSR count). The Bertz CT molecular complexity index is 431. The number of nitrogens with one attached hydrogen (secondary N) is 2. The first-order chi connectivity index (χ1) is 8.04. The highest BCUT2D eigenvalue weighted by Crippen LogP contribution is 2.14. The van der Waals surface area contributed by atoms with Crippen molar-refractivity contribution in [3.05, 3.63) is 23.5 Å². The van der Waals surface area contributed by atoms with Crippen molar-refractivity contribution in [2.24, 2.45) is 5.73 Å². The lowest BCUT2D eigenvalue weighted by atomic mass is 10.2. The minimum absolute atomic E-state index is 0.125. The molecule has 0 fully saturated rings. The number of pyridine rings is 1. The van der Waals surface area contributed by atoms with Crippen LogP contribution < -0.4 is 16.4 Å². The summed E-state index contributed by atoms with van der Waals surface area (Å²) in [6.07, 6.45) is 1.63. The van der Waals surface area contributed by atoms with Crippen molar-refractivity contribution in [1.82, 2.24) is 10.3 Å². The Morgan fingerprint density at radius 1 is 1.47 bits per heavy atom. The third-order valence-corrected chi connectivity index (χ3v) is 2.21. The number of carbonyl (C=O) groups is 2. The molecule has 4 N–H and O–H groups in total. The SMILES string of the molecule is CNc1cc(C)ncc1C(=O)NCCC(N)=O. The van der Waals surface area contributed by atoms with Crippen molar-refractivity contribution in [2.75, 3.05) is 18.9 Å². The van der Waals surface area contributed by atoms with E-state index in [4.69, 9.17) is 5.73 Å². The summed E-state index contributed by atoms with van der Waals surface area (Å²) in [5, 5.41) is 5.53. The molecule has 0 aliphatic heterocycles. The lowest BCUT2D eigenvalue weighted by Crippen LogP contribution is -2.28. The fraction of sp³-hybridized carbons (Fsp3) is 0.364. The number of hydrogen-bond donors (Lipinski definition) is 3. The smallest absolute Gasteiger partial charge is 0.254 e.